The van der Waals surface area contributed by atoms with Crippen molar-refractivity contribution in [1.82, 2.24) is 9.97 Å². The second-order valence-electron chi connectivity index (χ2n) is 2.88. The highest BCUT2D eigenvalue weighted by atomic mass is 32.2. The third-order valence-electron chi connectivity index (χ3n) is 2.01. The summed E-state index contributed by atoms with van der Waals surface area (Å²) >= 11 is 0. The van der Waals surface area contributed by atoms with E-state index in [0.717, 1.165) is 30.5 Å². The highest BCUT2D eigenvalue weighted by Gasteiger charge is 2.16. The van der Waals surface area contributed by atoms with Gasteiger partial charge in [-0.15, -0.1) is 0 Å². The monoisotopic (exact) mass is 197 g/mol. The SMILES string of the molecule is O=S1CCN(c2ncccn2)CC1. The lowest BCUT2D eigenvalue weighted by molar-refractivity contribution is 0.671. The van der Waals surface area contributed by atoms with Crippen LogP contribution in [0.15, 0.2) is 18.5 Å². The van der Waals surface area contributed by atoms with Crippen molar-refractivity contribution in [2.24, 2.45) is 0 Å². The molecule has 0 N–H and O–H groups in total. The molecule has 0 radical (unpaired) electrons. The fourth-order valence-corrected chi connectivity index (χ4v) is 2.34. The molecule has 1 saturated heterocycles. The van der Waals surface area contributed by atoms with Gasteiger partial charge in [-0.05, 0) is 6.07 Å². The van der Waals surface area contributed by atoms with Crippen molar-refractivity contribution in [1.29, 1.82) is 0 Å². The quantitative estimate of drug-likeness (QED) is 0.638. The van der Waals surface area contributed by atoms with Crippen LogP contribution >= 0.6 is 0 Å². The summed E-state index contributed by atoms with van der Waals surface area (Å²) in [7, 11) is -0.632. The molecular formula is C8H11N3OS. The molecule has 0 aromatic carbocycles. The van der Waals surface area contributed by atoms with Gasteiger partial charge in [0, 0.05) is 47.8 Å². The molecule has 0 atom stereocenters. The van der Waals surface area contributed by atoms with Crippen LogP contribution in [0.4, 0.5) is 5.95 Å². The fourth-order valence-electron chi connectivity index (χ4n) is 1.29. The average Bonchev–Trinajstić information content (AvgIpc) is 2.20. The molecular weight excluding hydrogens is 186 g/mol. The van der Waals surface area contributed by atoms with Gasteiger partial charge in [-0.25, -0.2) is 9.97 Å². The molecule has 1 aromatic heterocycles. The Labute approximate surface area is 79.5 Å². The van der Waals surface area contributed by atoms with E-state index in [2.05, 4.69) is 14.9 Å². The van der Waals surface area contributed by atoms with Gasteiger partial charge in [0.1, 0.15) is 0 Å². The smallest absolute Gasteiger partial charge is 0.225 e. The topological polar surface area (TPSA) is 46.1 Å². The van der Waals surface area contributed by atoms with E-state index in [9.17, 15) is 4.21 Å². The molecule has 1 aliphatic rings. The number of rotatable bonds is 1. The first-order valence-corrected chi connectivity index (χ1v) is 5.72. The van der Waals surface area contributed by atoms with Crippen molar-refractivity contribution in [3.05, 3.63) is 18.5 Å². The molecule has 1 aliphatic heterocycles. The van der Waals surface area contributed by atoms with Crippen LogP contribution in [0.5, 0.6) is 0 Å². The van der Waals surface area contributed by atoms with Crippen molar-refractivity contribution in [3.8, 4) is 0 Å². The highest BCUT2D eigenvalue weighted by molar-refractivity contribution is 7.85. The minimum atomic E-state index is -0.632. The second-order valence-corrected chi connectivity index (χ2v) is 4.58. The van der Waals surface area contributed by atoms with E-state index >= 15 is 0 Å². The van der Waals surface area contributed by atoms with E-state index in [4.69, 9.17) is 0 Å². The van der Waals surface area contributed by atoms with Crippen LogP contribution in [0.2, 0.25) is 0 Å². The molecule has 5 heteroatoms. The first-order chi connectivity index (χ1) is 6.36. The summed E-state index contributed by atoms with van der Waals surface area (Å²) in [6.07, 6.45) is 3.46. The van der Waals surface area contributed by atoms with E-state index in [-0.39, 0.29) is 0 Å². The third-order valence-corrected chi connectivity index (χ3v) is 3.29. The maximum Gasteiger partial charge on any atom is 0.225 e. The zero-order chi connectivity index (χ0) is 9.10. The Balaban J connectivity index is 2.07. The summed E-state index contributed by atoms with van der Waals surface area (Å²) in [6.45, 7) is 1.60. The predicted octanol–water partition coefficient (Wildman–Crippen LogP) is 0.0453. The molecule has 2 heterocycles. The number of hydrogen-bond donors (Lipinski definition) is 0. The Morgan fingerprint density at radius 3 is 2.46 bits per heavy atom. The predicted molar refractivity (Wildman–Crippen MR) is 52.1 cm³/mol. The lowest BCUT2D eigenvalue weighted by atomic mass is 10.5. The Morgan fingerprint density at radius 2 is 1.85 bits per heavy atom. The van der Waals surface area contributed by atoms with Crippen LogP contribution in [0.3, 0.4) is 0 Å². The molecule has 0 unspecified atom stereocenters. The van der Waals surface area contributed by atoms with Crippen molar-refractivity contribution in [3.63, 3.8) is 0 Å². The van der Waals surface area contributed by atoms with Gasteiger partial charge in [0.15, 0.2) is 0 Å². The molecule has 0 bridgehead atoms. The Kier molecular flexibility index (Phi) is 2.54. The number of nitrogens with zero attached hydrogens (tertiary/aromatic N) is 3. The van der Waals surface area contributed by atoms with E-state index in [1.54, 1.807) is 18.5 Å². The standard InChI is InChI=1S/C8H11N3OS/c12-13-6-4-11(5-7-13)8-9-2-1-3-10-8/h1-3H,4-7H2. The molecule has 2 rings (SSSR count). The van der Waals surface area contributed by atoms with Crippen molar-refractivity contribution in [2.45, 2.75) is 0 Å². The summed E-state index contributed by atoms with van der Waals surface area (Å²) in [5.41, 5.74) is 0. The van der Waals surface area contributed by atoms with Crippen LogP contribution in [0.1, 0.15) is 0 Å². The van der Waals surface area contributed by atoms with Gasteiger partial charge in [0.2, 0.25) is 5.95 Å². The zero-order valence-corrected chi connectivity index (χ0v) is 8.04. The van der Waals surface area contributed by atoms with E-state index in [0.29, 0.717) is 0 Å². The van der Waals surface area contributed by atoms with Crippen LogP contribution < -0.4 is 4.90 Å². The van der Waals surface area contributed by atoms with Crippen LogP contribution in [0.25, 0.3) is 0 Å². The largest absolute Gasteiger partial charge is 0.339 e. The number of anilines is 1. The molecule has 1 aromatic rings. The number of aromatic nitrogens is 2. The first-order valence-electron chi connectivity index (χ1n) is 4.23. The Morgan fingerprint density at radius 1 is 1.23 bits per heavy atom. The van der Waals surface area contributed by atoms with E-state index < -0.39 is 10.8 Å². The van der Waals surface area contributed by atoms with Gasteiger partial charge in [0.05, 0.1) is 0 Å². The minimum absolute atomic E-state index is 0.632. The molecule has 0 spiro atoms. The molecule has 13 heavy (non-hydrogen) atoms. The lowest BCUT2D eigenvalue weighted by Crippen LogP contribution is -2.38. The molecule has 0 saturated carbocycles. The van der Waals surface area contributed by atoms with Crippen molar-refractivity contribution >= 4 is 16.7 Å². The average molecular weight is 197 g/mol. The Hall–Kier alpha value is -0.970. The highest BCUT2D eigenvalue weighted by Crippen LogP contribution is 2.08. The summed E-state index contributed by atoms with van der Waals surface area (Å²) in [5, 5.41) is 0. The lowest BCUT2D eigenvalue weighted by Gasteiger charge is -2.25. The van der Waals surface area contributed by atoms with Crippen LogP contribution in [-0.2, 0) is 10.8 Å². The minimum Gasteiger partial charge on any atom is -0.339 e. The van der Waals surface area contributed by atoms with Gasteiger partial charge in [-0.2, -0.15) is 0 Å². The summed E-state index contributed by atoms with van der Waals surface area (Å²) in [5.74, 6) is 2.22. The normalized spacial score (nSPS) is 18.9. The zero-order valence-electron chi connectivity index (χ0n) is 7.22. The summed E-state index contributed by atoms with van der Waals surface area (Å²) < 4.78 is 11.1. The third kappa shape index (κ3) is 2.03. The second kappa shape index (κ2) is 3.83. The summed E-state index contributed by atoms with van der Waals surface area (Å²) in [4.78, 5) is 10.4. The van der Waals surface area contributed by atoms with Crippen molar-refractivity contribution < 1.29 is 4.21 Å². The maximum atomic E-state index is 11.1. The van der Waals surface area contributed by atoms with Gasteiger partial charge >= 0.3 is 0 Å². The van der Waals surface area contributed by atoms with Crippen LogP contribution in [0, 0.1) is 0 Å². The fraction of sp³-hybridized carbons (Fsp3) is 0.500. The molecule has 70 valence electrons. The van der Waals surface area contributed by atoms with Gasteiger partial charge in [-0.1, -0.05) is 0 Å². The van der Waals surface area contributed by atoms with Crippen LogP contribution in [-0.4, -0.2) is 38.8 Å². The van der Waals surface area contributed by atoms with E-state index in [1.807, 2.05) is 0 Å². The van der Waals surface area contributed by atoms with E-state index in [1.165, 1.54) is 0 Å². The molecule has 1 fully saturated rings. The van der Waals surface area contributed by atoms with Crippen molar-refractivity contribution in [2.75, 3.05) is 29.5 Å². The number of hydrogen-bond acceptors (Lipinski definition) is 4. The van der Waals surface area contributed by atoms with Gasteiger partial charge in [0.25, 0.3) is 0 Å². The summed E-state index contributed by atoms with van der Waals surface area (Å²) in [6, 6.07) is 1.80. The molecule has 0 amide bonds. The Bertz CT molecular complexity index is 294. The molecule has 4 nitrogen and oxygen atoms in total. The first kappa shape index (κ1) is 8.62. The molecule has 0 aliphatic carbocycles. The maximum absolute atomic E-state index is 11.1. The van der Waals surface area contributed by atoms with Gasteiger partial charge < -0.3 is 4.90 Å². The van der Waals surface area contributed by atoms with Gasteiger partial charge in [-0.3, -0.25) is 4.21 Å².